The van der Waals surface area contributed by atoms with Crippen LogP contribution in [0.2, 0.25) is 0 Å². The third-order valence-electron chi connectivity index (χ3n) is 5.35. The number of thiazole rings is 1. The Labute approximate surface area is 228 Å². The van der Waals surface area contributed by atoms with Crippen LogP contribution in [0.15, 0.2) is 93.7 Å². The fraction of sp³-hybridized carbons (Fsp3) is 0.179. The van der Waals surface area contributed by atoms with Crippen molar-refractivity contribution >= 4 is 46.7 Å². The number of aliphatic hydroxyl groups is 1. The normalized spacial score (nSPS) is 10.8. The first-order chi connectivity index (χ1) is 18.1. The van der Waals surface area contributed by atoms with Crippen molar-refractivity contribution in [1.29, 1.82) is 0 Å². The van der Waals surface area contributed by atoms with Crippen LogP contribution >= 0.6 is 34.9 Å². The van der Waals surface area contributed by atoms with Crippen LogP contribution in [0, 0.1) is 0 Å². The number of thioether (sulfide) groups is 1. The smallest absolute Gasteiger partial charge is 0.252 e. The first-order valence-electron chi connectivity index (χ1n) is 11.7. The van der Waals surface area contributed by atoms with E-state index in [4.69, 9.17) is 5.11 Å². The summed E-state index contributed by atoms with van der Waals surface area (Å²) in [5, 5.41) is 15.5. The van der Waals surface area contributed by atoms with Crippen molar-refractivity contribution in [2.24, 2.45) is 0 Å². The van der Waals surface area contributed by atoms with Gasteiger partial charge < -0.3 is 15.7 Å². The Morgan fingerprint density at radius 2 is 1.68 bits per heavy atom. The molecule has 37 heavy (non-hydrogen) atoms. The zero-order valence-corrected chi connectivity index (χ0v) is 22.7. The van der Waals surface area contributed by atoms with Crippen molar-refractivity contribution in [2.75, 3.05) is 19.4 Å². The number of nitrogens with zero attached hydrogens (tertiary/aromatic N) is 1. The van der Waals surface area contributed by atoms with Crippen LogP contribution in [0.3, 0.4) is 0 Å². The van der Waals surface area contributed by atoms with Gasteiger partial charge in [0.2, 0.25) is 0 Å². The lowest BCUT2D eigenvalue weighted by Gasteiger charge is -2.09. The number of hydrogen-bond donors (Lipinski definition) is 3. The average molecular weight is 550 g/mol. The van der Waals surface area contributed by atoms with Crippen molar-refractivity contribution < 1.29 is 14.7 Å². The Balaban J connectivity index is 1.31. The molecule has 2 amide bonds. The Bertz CT molecular complexity index is 1340. The molecule has 0 atom stereocenters. The molecule has 0 spiro atoms. The van der Waals surface area contributed by atoms with E-state index >= 15 is 0 Å². The SMILES string of the molecule is CNC(=O)c1ccccc1Sc1ccc(C(=O)NCc2cnc(-c3ccc(SCCCO)cc3)s2)cc1. The van der Waals surface area contributed by atoms with Gasteiger partial charge in [0.25, 0.3) is 11.8 Å². The first-order valence-corrected chi connectivity index (χ1v) is 14.4. The second kappa shape index (κ2) is 13.4. The highest BCUT2D eigenvalue weighted by Crippen LogP contribution is 2.31. The summed E-state index contributed by atoms with van der Waals surface area (Å²) < 4.78 is 0. The zero-order valence-electron chi connectivity index (χ0n) is 20.3. The topological polar surface area (TPSA) is 91.3 Å². The average Bonchev–Trinajstić information content (AvgIpc) is 3.42. The van der Waals surface area contributed by atoms with Gasteiger partial charge in [0.15, 0.2) is 0 Å². The second-order valence-corrected chi connectivity index (χ2v) is 11.4. The molecule has 3 N–H and O–H groups in total. The maximum atomic E-state index is 12.7. The summed E-state index contributed by atoms with van der Waals surface area (Å²) in [6, 6.07) is 23.0. The van der Waals surface area contributed by atoms with Crippen molar-refractivity contribution in [1.82, 2.24) is 15.6 Å². The van der Waals surface area contributed by atoms with Gasteiger partial charge in [0.1, 0.15) is 5.01 Å². The molecule has 0 fully saturated rings. The van der Waals surface area contributed by atoms with E-state index in [-0.39, 0.29) is 18.4 Å². The number of carbonyl (C=O) groups excluding carboxylic acids is 2. The minimum atomic E-state index is -0.151. The third kappa shape index (κ3) is 7.45. The summed E-state index contributed by atoms with van der Waals surface area (Å²) in [6.45, 7) is 0.616. The maximum Gasteiger partial charge on any atom is 0.252 e. The molecule has 1 aromatic heterocycles. The summed E-state index contributed by atoms with van der Waals surface area (Å²) >= 11 is 4.77. The molecule has 0 aliphatic heterocycles. The number of aromatic nitrogens is 1. The minimum absolute atomic E-state index is 0.129. The van der Waals surface area contributed by atoms with Crippen LogP contribution in [0.1, 0.15) is 32.0 Å². The van der Waals surface area contributed by atoms with Crippen molar-refractivity contribution in [3.05, 3.63) is 95.0 Å². The molecule has 9 heteroatoms. The van der Waals surface area contributed by atoms with Gasteiger partial charge in [0.05, 0.1) is 12.1 Å². The van der Waals surface area contributed by atoms with E-state index in [2.05, 4.69) is 39.9 Å². The number of benzene rings is 3. The Morgan fingerprint density at radius 3 is 2.41 bits per heavy atom. The molecule has 6 nitrogen and oxygen atoms in total. The summed E-state index contributed by atoms with van der Waals surface area (Å²) in [7, 11) is 1.61. The molecule has 0 unspecified atom stereocenters. The van der Waals surface area contributed by atoms with Crippen LogP contribution in [0.25, 0.3) is 10.6 Å². The van der Waals surface area contributed by atoms with E-state index in [0.717, 1.165) is 37.4 Å². The van der Waals surface area contributed by atoms with E-state index in [9.17, 15) is 9.59 Å². The van der Waals surface area contributed by atoms with Crippen LogP contribution in [-0.4, -0.2) is 41.3 Å². The highest BCUT2D eigenvalue weighted by molar-refractivity contribution is 7.99. The molecular formula is C28H27N3O3S3. The summed E-state index contributed by atoms with van der Waals surface area (Å²) in [5.41, 5.74) is 2.23. The largest absolute Gasteiger partial charge is 0.396 e. The minimum Gasteiger partial charge on any atom is -0.396 e. The number of hydrogen-bond acceptors (Lipinski definition) is 7. The van der Waals surface area contributed by atoms with E-state index < -0.39 is 0 Å². The van der Waals surface area contributed by atoms with E-state index in [0.29, 0.717) is 17.7 Å². The molecule has 0 saturated carbocycles. The van der Waals surface area contributed by atoms with Gasteiger partial charge in [-0.15, -0.1) is 23.1 Å². The second-order valence-electron chi connectivity index (χ2n) is 7.97. The molecule has 4 aromatic rings. The van der Waals surface area contributed by atoms with E-state index in [1.54, 1.807) is 54.5 Å². The third-order valence-corrected chi connectivity index (χ3v) is 8.58. The lowest BCUT2D eigenvalue weighted by molar-refractivity contribution is 0.0946. The molecule has 0 aliphatic carbocycles. The Morgan fingerprint density at radius 1 is 0.946 bits per heavy atom. The van der Waals surface area contributed by atoms with Gasteiger partial charge in [-0.1, -0.05) is 36.0 Å². The Hall–Kier alpha value is -3.11. The van der Waals surface area contributed by atoms with Gasteiger partial charge in [-0.3, -0.25) is 9.59 Å². The molecule has 3 aromatic carbocycles. The van der Waals surface area contributed by atoms with Crippen LogP contribution in [-0.2, 0) is 6.54 Å². The van der Waals surface area contributed by atoms with E-state index in [1.807, 2.05) is 30.3 Å². The monoisotopic (exact) mass is 549 g/mol. The van der Waals surface area contributed by atoms with Gasteiger partial charge in [0, 0.05) is 56.3 Å². The first kappa shape index (κ1) is 26.9. The predicted molar refractivity (Wildman–Crippen MR) is 152 cm³/mol. The number of carbonyl (C=O) groups is 2. The van der Waals surface area contributed by atoms with Gasteiger partial charge in [-0.2, -0.15) is 0 Å². The molecule has 0 saturated heterocycles. The van der Waals surface area contributed by atoms with Crippen molar-refractivity contribution in [2.45, 2.75) is 27.7 Å². The van der Waals surface area contributed by atoms with Crippen LogP contribution in [0.4, 0.5) is 0 Å². The zero-order chi connectivity index (χ0) is 26.0. The lowest BCUT2D eigenvalue weighted by Crippen LogP contribution is -2.22. The molecule has 190 valence electrons. The fourth-order valence-corrected chi connectivity index (χ4v) is 6.06. The molecule has 1 heterocycles. The fourth-order valence-electron chi connectivity index (χ4n) is 3.42. The lowest BCUT2D eigenvalue weighted by atomic mass is 10.2. The van der Waals surface area contributed by atoms with Gasteiger partial charge in [-0.05, 0) is 55.0 Å². The van der Waals surface area contributed by atoms with E-state index in [1.165, 1.54) is 16.7 Å². The molecule has 4 rings (SSSR count). The van der Waals surface area contributed by atoms with Gasteiger partial charge in [-0.25, -0.2) is 4.98 Å². The molecule has 0 aliphatic rings. The number of aliphatic hydroxyl groups excluding tert-OH is 1. The molecule has 0 bridgehead atoms. The highest BCUT2D eigenvalue weighted by atomic mass is 32.2. The quantitative estimate of drug-likeness (QED) is 0.164. The summed E-state index contributed by atoms with van der Waals surface area (Å²) in [4.78, 5) is 33.3. The number of amides is 2. The number of nitrogens with one attached hydrogen (secondary N) is 2. The van der Waals surface area contributed by atoms with Crippen LogP contribution < -0.4 is 10.6 Å². The predicted octanol–water partition coefficient (Wildman–Crippen LogP) is 5.73. The molecule has 0 radical (unpaired) electrons. The number of rotatable bonds is 11. The van der Waals surface area contributed by atoms with Crippen LogP contribution in [0.5, 0.6) is 0 Å². The van der Waals surface area contributed by atoms with Gasteiger partial charge >= 0.3 is 0 Å². The Kier molecular flexibility index (Phi) is 9.78. The van der Waals surface area contributed by atoms with Crippen molar-refractivity contribution in [3.8, 4) is 10.6 Å². The highest BCUT2D eigenvalue weighted by Gasteiger charge is 2.12. The molecular weight excluding hydrogens is 523 g/mol. The maximum absolute atomic E-state index is 12.7. The standard InChI is InChI=1S/C28H27N3O3S3/c1-29-27(34)24-5-2-3-6-25(24)36-22-13-7-19(8-14-22)26(33)30-17-23-18-31-28(37-23)20-9-11-21(12-10-20)35-16-4-15-32/h2-3,5-14,18,32H,4,15-17H2,1H3,(H,29,34)(H,30,33). The summed E-state index contributed by atoms with van der Waals surface area (Å²) in [6.07, 6.45) is 2.58. The van der Waals surface area contributed by atoms with Crippen molar-refractivity contribution in [3.63, 3.8) is 0 Å². The summed E-state index contributed by atoms with van der Waals surface area (Å²) in [5.74, 6) is 0.613.